The summed E-state index contributed by atoms with van der Waals surface area (Å²) in [5, 5.41) is 8.66. The van der Waals surface area contributed by atoms with Crippen LogP contribution < -0.4 is 9.47 Å². The van der Waals surface area contributed by atoms with Crippen LogP contribution in [0.15, 0.2) is 24.3 Å². The largest absolute Gasteiger partial charge is 0.497 e. The van der Waals surface area contributed by atoms with Crippen molar-refractivity contribution in [1.29, 1.82) is 0 Å². The highest BCUT2D eigenvalue weighted by Gasteiger charge is 1.96. The summed E-state index contributed by atoms with van der Waals surface area (Å²) >= 11 is 0. The van der Waals surface area contributed by atoms with Crippen molar-refractivity contribution in [3.8, 4) is 11.5 Å². The van der Waals surface area contributed by atoms with E-state index in [0.29, 0.717) is 6.61 Å². The van der Waals surface area contributed by atoms with E-state index in [1.807, 2.05) is 24.3 Å². The lowest BCUT2D eigenvalue weighted by Crippen LogP contribution is -1.97. The van der Waals surface area contributed by atoms with E-state index in [1.54, 1.807) is 7.11 Å². The SMILES string of the molecule is COc1ccc(OCCCCCCCCCO)cc1. The lowest BCUT2D eigenvalue weighted by Gasteiger charge is -2.07. The van der Waals surface area contributed by atoms with Crippen LogP contribution in [0.25, 0.3) is 0 Å². The number of ether oxygens (including phenoxy) is 2. The lowest BCUT2D eigenvalue weighted by atomic mass is 10.1. The van der Waals surface area contributed by atoms with Gasteiger partial charge in [-0.3, -0.25) is 0 Å². The molecule has 1 aromatic carbocycles. The predicted molar refractivity (Wildman–Crippen MR) is 77.9 cm³/mol. The Kier molecular flexibility index (Phi) is 8.90. The zero-order valence-electron chi connectivity index (χ0n) is 11.9. The van der Waals surface area contributed by atoms with Gasteiger partial charge >= 0.3 is 0 Å². The summed E-state index contributed by atoms with van der Waals surface area (Å²) in [4.78, 5) is 0. The molecule has 0 spiro atoms. The van der Waals surface area contributed by atoms with E-state index in [-0.39, 0.29) is 0 Å². The van der Waals surface area contributed by atoms with Crippen LogP contribution in [0.3, 0.4) is 0 Å². The number of aliphatic hydroxyl groups is 1. The van der Waals surface area contributed by atoms with Crippen LogP contribution in [-0.4, -0.2) is 25.4 Å². The monoisotopic (exact) mass is 266 g/mol. The van der Waals surface area contributed by atoms with Crippen molar-refractivity contribution in [3.05, 3.63) is 24.3 Å². The molecule has 0 fully saturated rings. The third kappa shape index (κ3) is 7.73. The standard InChI is InChI=1S/C16H26O3/c1-18-15-9-11-16(12-10-15)19-14-8-6-4-2-3-5-7-13-17/h9-12,17H,2-8,13-14H2,1H3. The van der Waals surface area contributed by atoms with E-state index in [4.69, 9.17) is 14.6 Å². The number of hydrogen-bond donors (Lipinski definition) is 1. The molecule has 0 aliphatic carbocycles. The van der Waals surface area contributed by atoms with Crippen molar-refractivity contribution in [2.75, 3.05) is 20.3 Å². The molecule has 0 radical (unpaired) electrons. The van der Waals surface area contributed by atoms with Gasteiger partial charge < -0.3 is 14.6 Å². The number of rotatable bonds is 11. The Labute approximate surface area is 116 Å². The van der Waals surface area contributed by atoms with E-state index in [9.17, 15) is 0 Å². The molecule has 0 atom stereocenters. The fourth-order valence-electron chi connectivity index (χ4n) is 1.96. The second-order valence-corrected chi connectivity index (χ2v) is 4.72. The van der Waals surface area contributed by atoms with Gasteiger partial charge in [0.05, 0.1) is 13.7 Å². The molecule has 0 aliphatic heterocycles. The predicted octanol–water partition coefficient (Wildman–Crippen LogP) is 3.80. The van der Waals surface area contributed by atoms with E-state index >= 15 is 0 Å². The summed E-state index contributed by atoms with van der Waals surface area (Å²) in [6.45, 7) is 1.11. The minimum atomic E-state index is 0.329. The van der Waals surface area contributed by atoms with Crippen LogP contribution in [0.4, 0.5) is 0 Å². The van der Waals surface area contributed by atoms with E-state index in [1.165, 1.54) is 25.7 Å². The Hall–Kier alpha value is -1.22. The van der Waals surface area contributed by atoms with Crippen molar-refractivity contribution in [2.45, 2.75) is 44.9 Å². The minimum absolute atomic E-state index is 0.329. The van der Waals surface area contributed by atoms with Crippen LogP contribution in [0.2, 0.25) is 0 Å². The zero-order chi connectivity index (χ0) is 13.8. The first-order valence-electron chi connectivity index (χ1n) is 7.24. The summed E-state index contributed by atoms with van der Waals surface area (Å²) in [6.07, 6.45) is 8.18. The van der Waals surface area contributed by atoms with Gasteiger partial charge in [-0.2, -0.15) is 0 Å². The molecule has 1 rings (SSSR count). The van der Waals surface area contributed by atoms with Gasteiger partial charge in [0.25, 0.3) is 0 Å². The molecule has 1 aromatic rings. The zero-order valence-corrected chi connectivity index (χ0v) is 11.9. The van der Waals surface area contributed by atoms with Crippen LogP contribution in [-0.2, 0) is 0 Å². The Morgan fingerprint density at radius 3 is 1.89 bits per heavy atom. The molecule has 0 aliphatic rings. The Bertz CT molecular complexity index is 308. The second-order valence-electron chi connectivity index (χ2n) is 4.72. The highest BCUT2D eigenvalue weighted by Crippen LogP contribution is 2.17. The molecule has 108 valence electrons. The molecular formula is C16H26O3. The van der Waals surface area contributed by atoms with Gasteiger partial charge in [-0.1, -0.05) is 32.1 Å². The normalized spacial score (nSPS) is 10.4. The summed E-state index contributed by atoms with van der Waals surface area (Å²) in [5.74, 6) is 1.76. The summed E-state index contributed by atoms with van der Waals surface area (Å²) in [5.41, 5.74) is 0. The van der Waals surface area contributed by atoms with Crippen LogP contribution >= 0.6 is 0 Å². The maximum Gasteiger partial charge on any atom is 0.119 e. The number of unbranched alkanes of at least 4 members (excludes halogenated alkanes) is 6. The first-order chi connectivity index (χ1) is 9.36. The van der Waals surface area contributed by atoms with Crippen LogP contribution in [0.1, 0.15) is 44.9 Å². The summed E-state index contributed by atoms with van der Waals surface area (Å²) < 4.78 is 10.8. The molecule has 0 amide bonds. The summed E-state index contributed by atoms with van der Waals surface area (Å²) in [7, 11) is 1.66. The van der Waals surface area contributed by atoms with Crippen LogP contribution in [0.5, 0.6) is 11.5 Å². The quantitative estimate of drug-likeness (QED) is 0.619. The average molecular weight is 266 g/mol. The minimum Gasteiger partial charge on any atom is -0.497 e. The molecule has 19 heavy (non-hydrogen) atoms. The molecule has 0 aromatic heterocycles. The molecule has 0 saturated heterocycles. The highest BCUT2D eigenvalue weighted by molar-refractivity contribution is 5.31. The first kappa shape index (κ1) is 15.8. The first-order valence-corrected chi connectivity index (χ1v) is 7.24. The van der Waals surface area contributed by atoms with E-state index in [0.717, 1.165) is 37.4 Å². The average Bonchev–Trinajstić information content (AvgIpc) is 2.46. The van der Waals surface area contributed by atoms with E-state index < -0.39 is 0 Å². The van der Waals surface area contributed by atoms with Gasteiger partial charge in [-0.15, -0.1) is 0 Å². The number of benzene rings is 1. The maximum atomic E-state index is 8.66. The smallest absolute Gasteiger partial charge is 0.119 e. The molecule has 1 N–H and O–H groups in total. The Balaban J connectivity index is 1.95. The number of aliphatic hydroxyl groups excluding tert-OH is 1. The number of hydrogen-bond acceptors (Lipinski definition) is 3. The second kappa shape index (κ2) is 10.7. The molecule has 0 bridgehead atoms. The number of methoxy groups -OCH3 is 1. The van der Waals surface area contributed by atoms with Crippen molar-refractivity contribution in [1.82, 2.24) is 0 Å². The fraction of sp³-hybridized carbons (Fsp3) is 0.625. The summed E-state index contributed by atoms with van der Waals surface area (Å²) in [6, 6.07) is 7.70. The van der Waals surface area contributed by atoms with Gasteiger partial charge in [-0.05, 0) is 37.1 Å². The van der Waals surface area contributed by atoms with Crippen LogP contribution in [0, 0.1) is 0 Å². The third-order valence-electron chi connectivity index (χ3n) is 3.13. The van der Waals surface area contributed by atoms with Gasteiger partial charge in [0.1, 0.15) is 11.5 Å². The Morgan fingerprint density at radius 1 is 0.789 bits per heavy atom. The third-order valence-corrected chi connectivity index (χ3v) is 3.13. The van der Waals surface area contributed by atoms with Crippen molar-refractivity contribution >= 4 is 0 Å². The molecular weight excluding hydrogens is 240 g/mol. The Morgan fingerprint density at radius 2 is 1.32 bits per heavy atom. The van der Waals surface area contributed by atoms with Crippen molar-refractivity contribution in [3.63, 3.8) is 0 Å². The molecule has 3 heteroatoms. The van der Waals surface area contributed by atoms with Gasteiger partial charge in [0.2, 0.25) is 0 Å². The van der Waals surface area contributed by atoms with Gasteiger partial charge in [-0.25, -0.2) is 0 Å². The maximum absolute atomic E-state index is 8.66. The molecule has 0 saturated carbocycles. The van der Waals surface area contributed by atoms with E-state index in [2.05, 4.69) is 0 Å². The van der Waals surface area contributed by atoms with Crippen molar-refractivity contribution < 1.29 is 14.6 Å². The highest BCUT2D eigenvalue weighted by atomic mass is 16.5. The topological polar surface area (TPSA) is 38.7 Å². The lowest BCUT2D eigenvalue weighted by molar-refractivity contribution is 0.281. The van der Waals surface area contributed by atoms with Crippen molar-refractivity contribution in [2.24, 2.45) is 0 Å². The fourth-order valence-corrected chi connectivity index (χ4v) is 1.96. The molecule has 3 nitrogen and oxygen atoms in total. The molecule has 0 unspecified atom stereocenters. The van der Waals surface area contributed by atoms with Gasteiger partial charge in [0.15, 0.2) is 0 Å². The van der Waals surface area contributed by atoms with Gasteiger partial charge in [0, 0.05) is 6.61 Å². The molecule has 0 heterocycles.